The molecule has 3 heteroatoms. The van der Waals surface area contributed by atoms with Gasteiger partial charge in [0.25, 0.3) is 0 Å². The highest BCUT2D eigenvalue weighted by Gasteiger charge is 2.48. The van der Waals surface area contributed by atoms with Gasteiger partial charge >= 0.3 is 0 Å². The van der Waals surface area contributed by atoms with E-state index < -0.39 is 5.41 Å². The number of amides is 2. The first-order valence-corrected chi connectivity index (χ1v) is 5.54. The number of hydrogen-bond donors (Lipinski definition) is 0. The lowest BCUT2D eigenvalue weighted by Gasteiger charge is -2.29. The molecule has 0 aliphatic carbocycles. The van der Waals surface area contributed by atoms with Crippen LogP contribution in [0, 0.1) is 10.8 Å². The van der Waals surface area contributed by atoms with E-state index in [1.54, 1.807) is 0 Å². The van der Waals surface area contributed by atoms with Crippen molar-refractivity contribution in [1.82, 2.24) is 4.90 Å². The van der Waals surface area contributed by atoms with E-state index >= 15 is 0 Å². The summed E-state index contributed by atoms with van der Waals surface area (Å²) in [6.45, 7) is 10.6. The lowest BCUT2D eigenvalue weighted by Crippen LogP contribution is -2.35. The largest absolute Gasteiger partial charge is 0.282 e. The van der Waals surface area contributed by atoms with Gasteiger partial charge < -0.3 is 0 Å². The third-order valence-corrected chi connectivity index (χ3v) is 2.84. The Morgan fingerprint density at radius 3 is 2.20 bits per heavy atom. The van der Waals surface area contributed by atoms with Gasteiger partial charge in [0.05, 0.1) is 5.41 Å². The van der Waals surface area contributed by atoms with Crippen LogP contribution in [0.1, 0.15) is 47.5 Å². The maximum Gasteiger partial charge on any atom is 0.235 e. The minimum absolute atomic E-state index is 0.00456. The molecule has 1 saturated heterocycles. The molecule has 0 aromatic carbocycles. The molecule has 0 aromatic rings. The molecular weight excluding hydrogens is 190 g/mol. The van der Waals surface area contributed by atoms with Crippen molar-refractivity contribution in [3.05, 3.63) is 0 Å². The van der Waals surface area contributed by atoms with Crippen LogP contribution in [0.3, 0.4) is 0 Å². The third kappa shape index (κ3) is 2.39. The van der Waals surface area contributed by atoms with E-state index in [-0.39, 0.29) is 17.2 Å². The van der Waals surface area contributed by atoms with E-state index in [9.17, 15) is 9.59 Å². The molecule has 0 spiro atoms. The predicted octanol–water partition coefficient (Wildman–Crippen LogP) is 2.21. The number of carbonyl (C=O) groups is 2. The Bertz CT molecular complexity index is 290. The zero-order valence-electron chi connectivity index (χ0n) is 10.4. The first-order chi connectivity index (χ1) is 6.69. The van der Waals surface area contributed by atoms with E-state index in [2.05, 4.69) is 20.8 Å². The minimum Gasteiger partial charge on any atom is -0.282 e. The Balaban J connectivity index is 2.89. The Kier molecular flexibility index (Phi) is 2.94. The van der Waals surface area contributed by atoms with E-state index in [1.165, 1.54) is 4.90 Å². The number of nitrogens with zero attached hydrogens (tertiary/aromatic N) is 1. The zero-order valence-corrected chi connectivity index (χ0v) is 10.4. The number of likely N-dealkylation sites (tertiary alicyclic amines) is 1. The number of rotatable bonds is 2. The highest BCUT2D eigenvalue weighted by atomic mass is 16.2. The summed E-state index contributed by atoms with van der Waals surface area (Å²) in [6.07, 6.45) is 1.14. The quantitative estimate of drug-likeness (QED) is 0.657. The molecule has 0 N–H and O–H groups in total. The van der Waals surface area contributed by atoms with E-state index in [4.69, 9.17) is 0 Å². The maximum atomic E-state index is 12.1. The van der Waals surface area contributed by atoms with E-state index in [0.29, 0.717) is 13.0 Å². The average molecular weight is 211 g/mol. The maximum absolute atomic E-state index is 12.1. The average Bonchev–Trinajstić information content (AvgIpc) is 2.19. The third-order valence-electron chi connectivity index (χ3n) is 2.84. The van der Waals surface area contributed by atoms with E-state index in [0.717, 1.165) is 6.42 Å². The molecule has 1 fully saturated rings. The molecule has 1 rings (SSSR count). The molecule has 15 heavy (non-hydrogen) atoms. The molecule has 1 aliphatic heterocycles. The van der Waals surface area contributed by atoms with Crippen LogP contribution >= 0.6 is 0 Å². The first kappa shape index (κ1) is 12.2. The van der Waals surface area contributed by atoms with Crippen LogP contribution in [-0.2, 0) is 9.59 Å². The van der Waals surface area contributed by atoms with Crippen LogP contribution in [0.25, 0.3) is 0 Å². The summed E-state index contributed by atoms with van der Waals surface area (Å²) in [7, 11) is 0. The van der Waals surface area contributed by atoms with E-state index in [1.807, 2.05) is 13.8 Å². The second kappa shape index (κ2) is 3.62. The lowest BCUT2D eigenvalue weighted by molar-refractivity contribution is -0.141. The Hall–Kier alpha value is -0.860. The van der Waals surface area contributed by atoms with Crippen LogP contribution in [0.15, 0.2) is 0 Å². The predicted molar refractivity (Wildman–Crippen MR) is 59.2 cm³/mol. The van der Waals surface area contributed by atoms with Crippen LogP contribution in [0.2, 0.25) is 0 Å². The molecule has 1 unspecified atom stereocenters. The highest BCUT2D eigenvalue weighted by Crippen LogP contribution is 2.41. The molecule has 86 valence electrons. The molecule has 1 atom stereocenters. The van der Waals surface area contributed by atoms with Gasteiger partial charge in [-0.25, -0.2) is 0 Å². The Morgan fingerprint density at radius 1 is 1.33 bits per heavy atom. The molecule has 0 saturated carbocycles. The lowest BCUT2D eigenvalue weighted by atomic mass is 9.74. The monoisotopic (exact) mass is 211 g/mol. The van der Waals surface area contributed by atoms with Crippen LogP contribution in [0.4, 0.5) is 0 Å². The Labute approximate surface area is 91.8 Å². The summed E-state index contributed by atoms with van der Waals surface area (Å²) in [5.74, 6) is -0.0147. The fraction of sp³-hybridized carbons (Fsp3) is 0.833. The van der Waals surface area contributed by atoms with Gasteiger partial charge in [-0.05, 0) is 18.8 Å². The molecule has 2 amide bonds. The second-order valence-electron chi connectivity index (χ2n) is 5.92. The summed E-state index contributed by atoms with van der Waals surface area (Å²) in [4.78, 5) is 25.1. The van der Waals surface area contributed by atoms with Crippen LogP contribution in [0.5, 0.6) is 0 Å². The van der Waals surface area contributed by atoms with Crippen molar-refractivity contribution in [1.29, 1.82) is 0 Å². The van der Waals surface area contributed by atoms with Gasteiger partial charge in [-0.15, -0.1) is 0 Å². The molecular formula is C12H21NO2. The second-order valence-corrected chi connectivity index (χ2v) is 5.92. The molecule has 1 aliphatic rings. The number of imide groups is 1. The minimum atomic E-state index is -0.481. The van der Waals surface area contributed by atoms with Gasteiger partial charge in [0.2, 0.25) is 11.8 Å². The van der Waals surface area contributed by atoms with Gasteiger partial charge in [-0.2, -0.15) is 0 Å². The van der Waals surface area contributed by atoms with Crippen molar-refractivity contribution < 1.29 is 9.59 Å². The van der Waals surface area contributed by atoms with Crippen LogP contribution in [-0.4, -0.2) is 23.3 Å². The van der Waals surface area contributed by atoms with Crippen molar-refractivity contribution in [3.8, 4) is 0 Å². The topological polar surface area (TPSA) is 37.4 Å². The number of hydrogen-bond acceptors (Lipinski definition) is 2. The standard InChI is InChI=1S/C12H21NO2/c1-6-13-9(14)7-12(5,10(13)15)8-11(2,3)4/h6-8H2,1-5H3. The van der Waals surface area contributed by atoms with Crippen molar-refractivity contribution in [2.45, 2.75) is 47.5 Å². The van der Waals surface area contributed by atoms with Gasteiger partial charge in [-0.3, -0.25) is 14.5 Å². The molecule has 1 heterocycles. The summed E-state index contributed by atoms with van der Waals surface area (Å²) < 4.78 is 0. The summed E-state index contributed by atoms with van der Waals surface area (Å²) >= 11 is 0. The van der Waals surface area contributed by atoms with Gasteiger partial charge in [-0.1, -0.05) is 27.7 Å². The summed E-state index contributed by atoms with van der Waals surface area (Å²) in [6, 6.07) is 0. The molecule has 0 aromatic heterocycles. The molecule has 0 bridgehead atoms. The van der Waals surface area contributed by atoms with Crippen molar-refractivity contribution in [3.63, 3.8) is 0 Å². The van der Waals surface area contributed by atoms with Gasteiger partial charge in [0, 0.05) is 13.0 Å². The normalized spacial score (nSPS) is 27.7. The fourth-order valence-corrected chi connectivity index (χ4v) is 2.57. The zero-order chi connectivity index (χ0) is 11.9. The molecule has 3 nitrogen and oxygen atoms in total. The van der Waals surface area contributed by atoms with Crippen LogP contribution < -0.4 is 0 Å². The Morgan fingerprint density at radius 2 is 1.87 bits per heavy atom. The number of carbonyl (C=O) groups excluding carboxylic acids is 2. The van der Waals surface area contributed by atoms with Crippen molar-refractivity contribution >= 4 is 11.8 Å². The fourth-order valence-electron chi connectivity index (χ4n) is 2.57. The first-order valence-electron chi connectivity index (χ1n) is 5.54. The van der Waals surface area contributed by atoms with Crippen molar-refractivity contribution in [2.24, 2.45) is 10.8 Å². The smallest absolute Gasteiger partial charge is 0.235 e. The van der Waals surface area contributed by atoms with Gasteiger partial charge in [0.15, 0.2) is 0 Å². The highest BCUT2D eigenvalue weighted by molar-refractivity contribution is 6.05. The molecule has 0 radical (unpaired) electrons. The summed E-state index contributed by atoms with van der Waals surface area (Å²) in [5, 5.41) is 0. The van der Waals surface area contributed by atoms with Gasteiger partial charge in [0.1, 0.15) is 0 Å². The van der Waals surface area contributed by atoms with Crippen molar-refractivity contribution in [2.75, 3.05) is 6.54 Å². The summed E-state index contributed by atoms with van der Waals surface area (Å²) in [5.41, 5.74) is -0.403. The SMILES string of the molecule is CCN1C(=O)CC(C)(CC(C)(C)C)C1=O.